The average molecular weight is 482 g/mol. The number of alkyl halides is 3. The molecule has 160 valence electrons. The van der Waals surface area contributed by atoms with E-state index in [-0.39, 0.29) is 16.5 Å². The molecule has 1 aromatic heterocycles. The van der Waals surface area contributed by atoms with Crippen LogP contribution in [0.2, 0.25) is 5.02 Å². The van der Waals surface area contributed by atoms with E-state index in [4.69, 9.17) is 11.6 Å². The summed E-state index contributed by atoms with van der Waals surface area (Å²) in [6, 6.07) is 19.5. The first-order valence-corrected chi connectivity index (χ1v) is 11.7. The predicted molar refractivity (Wildman–Crippen MR) is 118 cm³/mol. The van der Waals surface area contributed by atoms with E-state index in [0.717, 1.165) is 21.1 Å². The molecule has 3 nitrogen and oxygen atoms in total. The van der Waals surface area contributed by atoms with E-state index in [9.17, 15) is 21.6 Å². The Labute approximate surface area is 186 Å². The highest BCUT2D eigenvalue weighted by Gasteiger charge is 2.31. The first-order valence-electron chi connectivity index (χ1n) is 9.09. The van der Waals surface area contributed by atoms with Crippen molar-refractivity contribution in [2.45, 2.75) is 17.6 Å². The van der Waals surface area contributed by atoms with Gasteiger partial charge in [0.05, 0.1) is 22.0 Å². The molecule has 0 amide bonds. The molecular weight excluding hydrogens is 467 g/mol. The molecule has 0 aliphatic carbocycles. The van der Waals surface area contributed by atoms with Gasteiger partial charge in [0.1, 0.15) is 5.00 Å². The van der Waals surface area contributed by atoms with Gasteiger partial charge < -0.3 is 0 Å². The fourth-order valence-corrected chi connectivity index (χ4v) is 6.39. The molecule has 1 heterocycles. The lowest BCUT2D eigenvalue weighted by Gasteiger charge is -2.24. The van der Waals surface area contributed by atoms with Gasteiger partial charge in [-0.3, -0.25) is 4.31 Å². The minimum absolute atomic E-state index is 0.0652. The average Bonchev–Trinajstić information content (AvgIpc) is 3.08. The third-order valence-corrected chi connectivity index (χ3v) is 8.25. The van der Waals surface area contributed by atoms with E-state index in [0.29, 0.717) is 16.0 Å². The summed E-state index contributed by atoms with van der Waals surface area (Å²) in [5.41, 5.74) is -0.394. The van der Waals surface area contributed by atoms with Crippen molar-refractivity contribution in [3.63, 3.8) is 0 Å². The number of fused-ring (bicyclic) bond motifs is 1. The normalized spacial score (nSPS) is 12.3. The molecule has 0 bridgehead atoms. The number of hydrogen-bond donors (Lipinski definition) is 0. The van der Waals surface area contributed by atoms with E-state index in [1.165, 1.54) is 35.6 Å². The highest BCUT2D eigenvalue weighted by atomic mass is 35.5. The fraction of sp³-hybridized carbons (Fsp3) is 0.0909. The Kier molecular flexibility index (Phi) is 5.72. The van der Waals surface area contributed by atoms with E-state index < -0.39 is 21.8 Å². The van der Waals surface area contributed by atoms with Crippen molar-refractivity contribution in [3.05, 3.63) is 95.0 Å². The summed E-state index contributed by atoms with van der Waals surface area (Å²) >= 11 is 7.77. The van der Waals surface area contributed by atoms with Gasteiger partial charge >= 0.3 is 6.18 Å². The number of nitrogens with zero attached hydrogens (tertiary/aromatic N) is 1. The van der Waals surface area contributed by atoms with Gasteiger partial charge in [0.25, 0.3) is 10.0 Å². The van der Waals surface area contributed by atoms with Crippen molar-refractivity contribution < 1.29 is 21.6 Å². The second kappa shape index (κ2) is 8.18. The zero-order chi connectivity index (χ0) is 22.2. The van der Waals surface area contributed by atoms with Crippen LogP contribution in [0.25, 0.3) is 10.1 Å². The van der Waals surface area contributed by atoms with Crippen LogP contribution in [0.1, 0.15) is 11.1 Å². The number of anilines is 1. The smallest absolute Gasteiger partial charge is 0.251 e. The van der Waals surface area contributed by atoms with Crippen molar-refractivity contribution in [2.24, 2.45) is 0 Å². The van der Waals surface area contributed by atoms with Crippen LogP contribution < -0.4 is 4.31 Å². The zero-order valence-electron chi connectivity index (χ0n) is 15.8. The predicted octanol–water partition coefficient (Wildman–Crippen LogP) is 6.97. The largest absolute Gasteiger partial charge is 0.416 e. The summed E-state index contributed by atoms with van der Waals surface area (Å²) in [5, 5.41) is 1.31. The number of thiophene rings is 1. The van der Waals surface area contributed by atoms with Crippen LogP contribution in [-0.4, -0.2) is 8.42 Å². The monoisotopic (exact) mass is 481 g/mol. The van der Waals surface area contributed by atoms with Crippen molar-refractivity contribution in [1.82, 2.24) is 0 Å². The van der Waals surface area contributed by atoms with E-state index in [1.54, 1.807) is 30.3 Å². The highest BCUT2D eigenvalue weighted by Crippen LogP contribution is 2.44. The minimum atomic E-state index is -4.47. The maximum Gasteiger partial charge on any atom is 0.416 e. The van der Waals surface area contributed by atoms with Gasteiger partial charge in [-0.2, -0.15) is 13.2 Å². The van der Waals surface area contributed by atoms with E-state index in [2.05, 4.69) is 0 Å². The number of rotatable bonds is 5. The van der Waals surface area contributed by atoms with Gasteiger partial charge in [-0.1, -0.05) is 60.1 Å². The quantitative estimate of drug-likeness (QED) is 0.308. The van der Waals surface area contributed by atoms with E-state index in [1.807, 2.05) is 12.1 Å². The van der Waals surface area contributed by atoms with Crippen molar-refractivity contribution >= 4 is 48.0 Å². The third kappa shape index (κ3) is 4.28. The number of hydrogen-bond acceptors (Lipinski definition) is 3. The van der Waals surface area contributed by atoms with Gasteiger partial charge in [0, 0.05) is 10.1 Å². The summed E-state index contributed by atoms with van der Waals surface area (Å²) in [6.45, 7) is -0.165. The molecule has 3 aromatic carbocycles. The van der Waals surface area contributed by atoms with Crippen molar-refractivity contribution in [3.8, 4) is 0 Å². The Bertz CT molecular complexity index is 1320. The molecule has 4 rings (SSSR count). The third-order valence-electron chi connectivity index (χ3n) is 4.68. The van der Waals surface area contributed by atoms with Gasteiger partial charge in [-0.25, -0.2) is 8.42 Å². The summed E-state index contributed by atoms with van der Waals surface area (Å²) in [6.07, 6.45) is -4.47. The topological polar surface area (TPSA) is 37.4 Å². The second-order valence-corrected chi connectivity index (χ2v) is 10.0. The maximum atomic E-state index is 13.5. The van der Waals surface area contributed by atoms with Crippen LogP contribution in [0.5, 0.6) is 0 Å². The summed E-state index contributed by atoms with van der Waals surface area (Å²) in [5.74, 6) is 0. The number of halogens is 4. The Morgan fingerprint density at radius 2 is 1.48 bits per heavy atom. The molecule has 0 saturated heterocycles. The van der Waals surface area contributed by atoms with Gasteiger partial charge in [-0.15, -0.1) is 11.3 Å². The molecule has 0 atom stereocenters. The molecule has 9 heteroatoms. The highest BCUT2D eigenvalue weighted by molar-refractivity contribution is 7.93. The zero-order valence-corrected chi connectivity index (χ0v) is 18.2. The molecule has 0 unspecified atom stereocenters. The van der Waals surface area contributed by atoms with Crippen molar-refractivity contribution in [2.75, 3.05) is 4.31 Å². The molecule has 0 spiro atoms. The Morgan fingerprint density at radius 1 is 0.871 bits per heavy atom. The second-order valence-electron chi connectivity index (χ2n) is 6.74. The SMILES string of the molecule is O=S(=O)(c1ccccc1)N(Cc1ccc(C(F)(F)F)cc1)c1sc2ccccc2c1Cl. The van der Waals surface area contributed by atoms with Crippen molar-refractivity contribution in [1.29, 1.82) is 0 Å². The molecule has 0 N–H and O–H groups in total. The minimum Gasteiger partial charge on any atom is -0.251 e. The first-order chi connectivity index (χ1) is 14.7. The van der Waals surface area contributed by atoms with Crippen LogP contribution >= 0.6 is 22.9 Å². The summed E-state index contributed by atoms with van der Waals surface area (Å²) < 4.78 is 67.7. The summed E-state index contributed by atoms with van der Waals surface area (Å²) in [4.78, 5) is 0.0652. The molecule has 4 aromatic rings. The first kappa shape index (κ1) is 21.7. The molecule has 0 fully saturated rings. The lowest BCUT2D eigenvalue weighted by molar-refractivity contribution is -0.137. The lowest BCUT2D eigenvalue weighted by atomic mass is 10.1. The standard InChI is InChI=1S/C22H15ClF3NO2S2/c23-20-18-8-4-5-9-19(18)30-21(20)27(31(28,29)17-6-2-1-3-7-17)14-15-10-12-16(13-11-15)22(24,25)26/h1-13H,14H2. The van der Waals surface area contributed by atoms with Gasteiger partial charge in [0.15, 0.2) is 0 Å². The molecule has 0 saturated carbocycles. The lowest BCUT2D eigenvalue weighted by Crippen LogP contribution is -2.30. The molecule has 0 aliphatic rings. The van der Waals surface area contributed by atoms with Crippen LogP contribution in [0.4, 0.5) is 18.2 Å². The number of sulfonamides is 1. The van der Waals surface area contributed by atoms with Crippen LogP contribution in [0.3, 0.4) is 0 Å². The molecule has 0 aliphatic heterocycles. The summed E-state index contributed by atoms with van der Waals surface area (Å²) in [7, 11) is -4.02. The fourth-order valence-electron chi connectivity index (χ4n) is 3.11. The molecular formula is C22H15ClF3NO2S2. The van der Waals surface area contributed by atoms with Crippen LogP contribution in [0.15, 0.2) is 83.8 Å². The van der Waals surface area contributed by atoms with E-state index >= 15 is 0 Å². The Balaban J connectivity index is 1.82. The van der Waals surface area contributed by atoms with Gasteiger partial charge in [0.2, 0.25) is 0 Å². The van der Waals surface area contributed by atoms with Crippen LogP contribution in [-0.2, 0) is 22.7 Å². The molecule has 31 heavy (non-hydrogen) atoms. The Hall–Kier alpha value is -2.55. The Morgan fingerprint density at radius 3 is 2.10 bits per heavy atom. The maximum absolute atomic E-state index is 13.5. The van der Waals surface area contributed by atoms with Crippen LogP contribution in [0, 0.1) is 0 Å². The number of benzene rings is 3. The van der Waals surface area contributed by atoms with Gasteiger partial charge in [-0.05, 0) is 35.9 Å². The molecule has 0 radical (unpaired) electrons.